The molecule has 0 spiro atoms. The summed E-state index contributed by atoms with van der Waals surface area (Å²) in [5, 5.41) is 6.97. The fraction of sp³-hybridized carbons (Fsp3) is 0.389. The summed E-state index contributed by atoms with van der Waals surface area (Å²) in [4.78, 5) is 36.8. The molecule has 26 heavy (non-hydrogen) atoms. The molecule has 2 heterocycles. The van der Waals surface area contributed by atoms with Gasteiger partial charge < -0.3 is 14.8 Å². The molecule has 0 fully saturated rings. The number of hydrogen-bond acceptors (Lipinski definition) is 7. The van der Waals surface area contributed by atoms with Crippen molar-refractivity contribution in [2.45, 2.75) is 33.6 Å². The van der Waals surface area contributed by atoms with Crippen molar-refractivity contribution < 1.29 is 23.9 Å². The van der Waals surface area contributed by atoms with Crippen molar-refractivity contribution in [3.63, 3.8) is 0 Å². The predicted molar refractivity (Wildman–Crippen MR) is 102 cm³/mol. The Morgan fingerprint density at radius 3 is 2.62 bits per heavy atom. The Balaban J connectivity index is 1.88. The Morgan fingerprint density at radius 1 is 1.19 bits per heavy atom. The third kappa shape index (κ3) is 5.40. The number of carbonyl (C=O) groups excluding carboxylic acids is 3. The van der Waals surface area contributed by atoms with Crippen LogP contribution < -0.4 is 5.32 Å². The summed E-state index contributed by atoms with van der Waals surface area (Å²) in [5.74, 6) is -1.39. The summed E-state index contributed by atoms with van der Waals surface area (Å²) in [6.07, 6.45) is 0.801. The van der Waals surface area contributed by atoms with Gasteiger partial charge in [-0.1, -0.05) is 0 Å². The van der Waals surface area contributed by atoms with Crippen LogP contribution in [0.4, 0.5) is 5.00 Å². The van der Waals surface area contributed by atoms with Gasteiger partial charge in [0.05, 0.1) is 12.2 Å². The van der Waals surface area contributed by atoms with E-state index in [0.29, 0.717) is 17.0 Å². The van der Waals surface area contributed by atoms with Crippen molar-refractivity contribution in [2.75, 3.05) is 18.5 Å². The zero-order chi connectivity index (χ0) is 19.1. The lowest BCUT2D eigenvalue weighted by molar-refractivity contribution is -0.147. The minimum Gasteiger partial charge on any atom is -0.462 e. The van der Waals surface area contributed by atoms with Crippen LogP contribution >= 0.6 is 22.7 Å². The smallest absolute Gasteiger partial charge is 0.341 e. The van der Waals surface area contributed by atoms with Crippen LogP contribution in [0.5, 0.6) is 0 Å². The first-order chi connectivity index (χ1) is 12.4. The van der Waals surface area contributed by atoms with Crippen molar-refractivity contribution in [3.05, 3.63) is 38.4 Å². The normalized spacial score (nSPS) is 10.4. The van der Waals surface area contributed by atoms with Crippen LogP contribution in [0.3, 0.4) is 0 Å². The summed E-state index contributed by atoms with van der Waals surface area (Å²) in [5.41, 5.74) is 2.20. The fourth-order valence-corrected chi connectivity index (χ4v) is 3.99. The van der Waals surface area contributed by atoms with Crippen LogP contribution in [-0.4, -0.2) is 31.1 Å². The quantitative estimate of drug-likeness (QED) is 0.689. The predicted octanol–water partition coefficient (Wildman–Crippen LogP) is 3.72. The molecule has 1 amide bonds. The van der Waals surface area contributed by atoms with E-state index in [1.54, 1.807) is 25.2 Å². The molecule has 2 rings (SSSR count). The van der Waals surface area contributed by atoms with Crippen LogP contribution in [0.1, 0.15) is 39.7 Å². The van der Waals surface area contributed by atoms with Crippen molar-refractivity contribution in [2.24, 2.45) is 0 Å². The van der Waals surface area contributed by atoms with Gasteiger partial charge in [-0.2, -0.15) is 11.3 Å². The number of aryl methyl sites for hydroxylation is 2. The van der Waals surface area contributed by atoms with Crippen LogP contribution in [0.2, 0.25) is 0 Å². The Labute approximate surface area is 160 Å². The van der Waals surface area contributed by atoms with Crippen molar-refractivity contribution in [1.29, 1.82) is 0 Å². The molecule has 0 aliphatic carbocycles. The summed E-state index contributed by atoms with van der Waals surface area (Å²) < 4.78 is 10.0. The van der Waals surface area contributed by atoms with Gasteiger partial charge in [0.1, 0.15) is 5.00 Å². The van der Waals surface area contributed by atoms with Crippen LogP contribution in [-0.2, 0) is 25.5 Å². The lowest BCUT2D eigenvalue weighted by Crippen LogP contribution is -2.21. The fourth-order valence-electron chi connectivity index (χ4n) is 2.23. The molecular weight excluding hydrogens is 374 g/mol. The first-order valence-electron chi connectivity index (χ1n) is 8.16. The number of esters is 2. The molecule has 1 N–H and O–H groups in total. The number of anilines is 1. The van der Waals surface area contributed by atoms with E-state index in [2.05, 4.69) is 5.32 Å². The van der Waals surface area contributed by atoms with Gasteiger partial charge in [-0.3, -0.25) is 9.59 Å². The molecule has 8 heteroatoms. The zero-order valence-corrected chi connectivity index (χ0v) is 16.6. The van der Waals surface area contributed by atoms with E-state index in [4.69, 9.17) is 9.47 Å². The molecule has 0 saturated heterocycles. The SMILES string of the molecule is CCOC(=O)c1c(NC(=O)COC(=O)CCc2ccsc2)sc(C)c1C. The number of ether oxygens (including phenoxy) is 2. The highest BCUT2D eigenvalue weighted by atomic mass is 32.1. The van der Waals surface area contributed by atoms with E-state index in [9.17, 15) is 14.4 Å². The molecular formula is C18H21NO5S2. The van der Waals surface area contributed by atoms with Gasteiger partial charge in [-0.15, -0.1) is 11.3 Å². The number of carbonyl (C=O) groups is 3. The largest absolute Gasteiger partial charge is 0.462 e. The van der Waals surface area contributed by atoms with Gasteiger partial charge in [0.2, 0.25) is 0 Å². The van der Waals surface area contributed by atoms with Crippen molar-refractivity contribution >= 4 is 45.5 Å². The van der Waals surface area contributed by atoms with Crippen LogP contribution in [0.15, 0.2) is 16.8 Å². The maximum absolute atomic E-state index is 12.1. The summed E-state index contributed by atoms with van der Waals surface area (Å²) in [6.45, 7) is 5.25. The van der Waals surface area contributed by atoms with Crippen molar-refractivity contribution in [1.82, 2.24) is 0 Å². The highest BCUT2D eigenvalue weighted by Gasteiger charge is 2.22. The van der Waals surface area contributed by atoms with Crippen LogP contribution in [0.25, 0.3) is 0 Å². The molecule has 0 aliphatic heterocycles. The number of amides is 1. The molecule has 0 aromatic carbocycles. The Hall–Kier alpha value is -2.19. The second kappa shape index (κ2) is 9.49. The second-order valence-electron chi connectivity index (χ2n) is 5.55. The molecule has 2 aromatic rings. The highest BCUT2D eigenvalue weighted by Crippen LogP contribution is 2.33. The number of rotatable bonds is 8. The second-order valence-corrected chi connectivity index (χ2v) is 7.55. The van der Waals surface area contributed by atoms with Gasteiger partial charge in [0, 0.05) is 11.3 Å². The van der Waals surface area contributed by atoms with E-state index < -0.39 is 17.8 Å². The van der Waals surface area contributed by atoms with E-state index >= 15 is 0 Å². The average Bonchev–Trinajstić information content (AvgIpc) is 3.20. The highest BCUT2D eigenvalue weighted by molar-refractivity contribution is 7.16. The van der Waals surface area contributed by atoms with Gasteiger partial charge >= 0.3 is 11.9 Å². The molecule has 0 saturated carbocycles. The molecule has 0 unspecified atom stereocenters. The van der Waals surface area contributed by atoms with E-state index in [-0.39, 0.29) is 19.6 Å². The molecule has 140 valence electrons. The lowest BCUT2D eigenvalue weighted by atomic mass is 10.1. The van der Waals surface area contributed by atoms with E-state index in [0.717, 1.165) is 16.0 Å². The maximum Gasteiger partial charge on any atom is 0.341 e. The minimum atomic E-state index is -0.485. The van der Waals surface area contributed by atoms with Crippen LogP contribution in [0, 0.1) is 13.8 Å². The van der Waals surface area contributed by atoms with Gasteiger partial charge in [0.25, 0.3) is 5.91 Å². The third-order valence-corrected chi connectivity index (χ3v) is 5.53. The minimum absolute atomic E-state index is 0.218. The molecule has 0 bridgehead atoms. The van der Waals surface area contributed by atoms with E-state index in [1.165, 1.54) is 11.3 Å². The molecule has 0 radical (unpaired) electrons. The van der Waals surface area contributed by atoms with Crippen molar-refractivity contribution in [3.8, 4) is 0 Å². The molecule has 6 nitrogen and oxygen atoms in total. The first-order valence-corrected chi connectivity index (χ1v) is 9.92. The topological polar surface area (TPSA) is 81.7 Å². The molecule has 0 aliphatic rings. The Bertz CT molecular complexity index is 780. The van der Waals surface area contributed by atoms with Gasteiger partial charge in [0.15, 0.2) is 6.61 Å². The molecule has 2 aromatic heterocycles. The Kier molecular flexibility index (Phi) is 7.35. The number of nitrogens with one attached hydrogen (secondary N) is 1. The summed E-state index contributed by atoms with van der Waals surface area (Å²) in [7, 11) is 0. The zero-order valence-electron chi connectivity index (χ0n) is 14.9. The summed E-state index contributed by atoms with van der Waals surface area (Å²) in [6, 6.07) is 1.95. The molecule has 0 atom stereocenters. The third-order valence-electron chi connectivity index (χ3n) is 3.68. The summed E-state index contributed by atoms with van der Waals surface area (Å²) >= 11 is 2.86. The Morgan fingerprint density at radius 2 is 1.96 bits per heavy atom. The number of thiophene rings is 2. The van der Waals surface area contributed by atoms with Gasteiger partial charge in [-0.25, -0.2) is 4.79 Å². The monoisotopic (exact) mass is 395 g/mol. The first kappa shape index (κ1) is 20.1. The van der Waals surface area contributed by atoms with Gasteiger partial charge in [-0.05, 0) is 55.1 Å². The number of hydrogen-bond donors (Lipinski definition) is 1. The van der Waals surface area contributed by atoms with E-state index in [1.807, 2.05) is 23.8 Å². The maximum atomic E-state index is 12.1. The lowest BCUT2D eigenvalue weighted by Gasteiger charge is -2.08. The average molecular weight is 396 g/mol. The standard InChI is InChI=1S/C18H21NO5S2/c1-4-23-18(22)16-11(2)12(3)26-17(16)19-14(20)9-24-15(21)6-5-13-7-8-25-10-13/h7-8,10H,4-6,9H2,1-3H3,(H,19,20).